The molecule has 1 saturated carbocycles. The Morgan fingerprint density at radius 1 is 1.23 bits per heavy atom. The zero-order chi connectivity index (χ0) is 18.5. The molecule has 0 bridgehead atoms. The van der Waals surface area contributed by atoms with Gasteiger partial charge in [-0.25, -0.2) is 0 Å². The molecule has 6 heteroatoms. The zero-order valence-electron chi connectivity index (χ0n) is 15.8. The molecule has 0 spiro atoms. The minimum atomic E-state index is -0.468. The van der Waals surface area contributed by atoms with Gasteiger partial charge in [0.25, 0.3) is 0 Å². The van der Waals surface area contributed by atoms with Crippen molar-refractivity contribution >= 4 is 36.2 Å². The van der Waals surface area contributed by atoms with Crippen molar-refractivity contribution in [2.75, 3.05) is 5.32 Å². The Morgan fingerprint density at radius 3 is 2.69 bits per heavy atom. The number of carbonyl (C=O) groups excluding carboxylic acids is 2. The predicted octanol–water partition coefficient (Wildman–Crippen LogP) is 3.28. The highest BCUT2D eigenvalue weighted by atomic mass is 16.2. The van der Waals surface area contributed by atoms with Crippen molar-refractivity contribution in [3.63, 3.8) is 0 Å². The maximum Gasteiger partial charge on any atom is 0.246 e. The molecule has 138 valence electrons. The molecular weight excluding hydrogens is 325 g/mol. The van der Waals surface area contributed by atoms with Gasteiger partial charge in [0.2, 0.25) is 13.8 Å². The van der Waals surface area contributed by atoms with Gasteiger partial charge in [0.05, 0.1) is 5.52 Å². The molecule has 2 N–H and O–H groups in total. The minimum absolute atomic E-state index is 0.125. The third kappa shape index (κ3) is 4.48. The Hall–Kier alpha value is -2.24. The van der Waals surface area contributed by atoms with Gasteiger partial charge in [0.15, 0.2) is 5.81 Å². The summed E-state index contributed by atoms with van der Waals surface area (Å²) in [5.41, 5.74) is 1.88. The number of hydrogen-bond donors (Lipinski definition) is 2. The topological polar surface area (TPSA) is 63.1 Å². The highest BCUT2D eigenvalue weighted by molar-refractivity contribution is 6.57. The number of rotatable bonds is 6. The summed E-state index contributed by atoms with van der Waals surface area (Å²) in [6.45, 7) is 2.98. The molecule has 1 atom stereocenters. The lowest BCUT2D eigenvalue weighted by atomic mass is 9.84. The average molecular weight is 353 g/mol. The van der Waals surface area contributed by atoms with Crippen molar-refractivity contribution in [3.05, 3.63) is 30.5 Å². The summed E-state index contributed by atoms with van der Waals surface area (Å²) in [6, 6.07) is 7.55. The molecule has 1 aliphatic rings. The van der Waals surface area contributed by atoms with E-state index in [2.05, 4.69) is 34.4 Å². The summed E-state index contributed by atoms with van der Waals surface area (Å²) in [7, 11) is 1.47. The van der Waals surface area contributed by atoms with E-state index in [1.165, 1.54) is 27.1 Å². The molecule has 5 nitrogen and oxygen atoms in total. The first-order valence-electron chi connectivity index (χ1n) is 9.73. The molecule has 2 amide bonds. The second-order valence-corrected chi connectivity index (χ2v) is 7.36. The monoisotopic (exact) mass is 353 g/mol. The largest absolute Gasteiger partial charge is 0.354 e. The van der Waals surface area contributed by atoms with Gasteiger partial charge in [-0.3, -0.25) is 9.59 Å². The maximum atomic E-state index is 12.8. The highest BCUT2D eigenvalue weighted by Gasteiger charge is 2.25. The van der Waals surface area contributed by atoms with Gasteiger partial charge in [-0.15, -0.1) is 0 Å². The zero-order valence-corrected chi connectivity index (χ0v) is 15.8. The van der Waals surface area contributed by atoms with Crippen LogP contribution in [0.2, 0.25) is 0 Å². The Kier molecular flexibility index (Phi) is 6.02. The van der Waals surface area contributed by atoms with Crippen LogP contribution in [0.25, 0.3) is 10.9 Å². The normalized spacial score (nSPS) is 16.3. The molecule has 0 saturated heterocycles. The Labute approximate surface area is 155 Å². The Bertz CT molecular complexity index is 780. The van der Waals surface area contributed by atoms with Crippen LogP contribution in [0.4, 0.5) is 10.5 Å². The number of nitrogens with one attached hydrogen (secondary N) is 2. The second-order valence-electron chi connectivity index (χ2n) is 7.36. The maximum absolute atomic E-state index is 12.8. The first-order chi connectivity index (χ1) is 12.6. The fourth-order valence-electron chi connectivity index (χ4n) is 4.00. The molecule has 0 unspecified atom stereocenters. The van der Waals surface area contributed by atoms with Crippen molar-refractivity contribution < 1.29 is 9.59 Å². The van der Waals surface area contributed by atoms with E-state index < -0.39 is 6.04 Å². The molecule has 0 radical (unpaired) electrons. The molecule has 1 fully saturated rings. The van der Waals surface area contributed by atoms with Crippen LogP contribution < -0.4 is 10.6 Å². The number of aryl methyl sites for hydroxylation is 1. The van der Waals surface area contributed by atoms with E-state index in [1.807, 2.05) is 18.2 Å². The van der Waals surface area contributed by atoms with Gasteiger partial charge in [-0.1, -0.05) is 38.2 Å². The average Bonchev–Trinajstić information content (AvgIpc) is 3.04. The van der Waals surface area contributed by atoms with Crippen LogP contribution in [-0.4, -0.2) is 30.2 Å². The third-order valence-electron chi connectivity index (χ3n) is 5.37. The smallest absolute Gasteiger partial charge is 0.246 e. The van der Waals surface area contributed by atoms with E-state index in [0.717, 1.165) is 42.4 Å². The molecule has 1 aliphatic carbocycles. The van der Waals surface area contributed by atoms with Gasteiger partial charge in [-0.2, -0.15) is 0 Å². The summed E-state index contributed by atoms with van der Waals surface area (Å²) < 4.78 is 2.15. The van der Waals surface area contributed by atoms with Crippen LogP contribution >= 0.6 is 0 Å². The number of anilines is 1. The van der Waals surface area contributed by atoms with E-state index >= 15 is 0 Å². The number of nitrogens with zero attached hydrogens (tertiary/aromatic N) is 1. The third-order valence-corrected chi connectivity index (χ3v) is 5.37. The van der Waals surface area contributed by atoms with E-state index in [1.54, 1.807) is 0 Å². The first-order valence-corrected chi connectivity index (χ1v) is 9.73. The molecule has 1 heterocycles. The van der Waals surface area contributed by atoms with Crippen LogP contribution in [0.15, 0.2) is 30.5 Å². The second kappa shape index (κ2) is 8.43. The van der Waals surface area contributed by atoms with Gasteiger partial charge in [0.1, 0.15) is 6.04 Å². The molecule has 1 aromatic heterocycles. The summed E-state index contributed by atoms with van der Waals surface area (Å²) in [4.78, 5) is 24.4. The molecular formula is C20H28BN3O2. The standard InChI is InChI=1S/C20H28BN3O2/c1-2-24-11-10-15-8-9-16(13-18(15)24)22-19(25)17(23-20(21)26)12-14-6-4-3-5-7-14/h8-11,13-14,17H,2-7,12,21H2,1H3,(H,22,25)(H,23,26)/t17-/m0/s1. The van der Waals surface area contributed by atoms with Gasteiger partial charge in [0, 0.05) is 18.4 Å². The number of benzene rings is 1. The van der Waals surface area contributed by atoms with Gasteiger partial charge in [-0.05, 0) is 42.8 Å². The number of hydrogen-bond acceptors (Lipinski definition) is 2. The van der Waals surface area contributed by atoms with E-state index in [9.17, 15) is 9.59 Å². The lowest BCUT2D eigenvalue weighted by Crippen LogP contribution is -2.44. The Morgan fingerprint density at radius 2 is 2.00 bits per heavy atom. The van der Waals surface area contributed by atoms with Gasteiger partial charge < -0.3 is 15.2 Å². The molecule has 2 aromatic rings. The van der Waals surface area contributed by atoms with Crippen molar-refractivity contribution in [3.8, 4) is 0 Å². The van der Waals surface area contributed by atoms with Crippen LogP contribution in [-0.2, 0) is 11.3 Å². The van der Waals surface area contributed by atoms with E-state index in [0.29, 0.717) is 5.92 Å². The van der Waals surface area contributed by atoms with Crippen molar-refractivity contribution in [2.45, 2.75) is 58.0 Å². The van der Waals surface area contributed by atoms with Crippen molar-refractivity contribution in [1.29, 1.82) is 0 Å². The molecule has 3 rings (SSSR count). The van der Waals surface area contributed by atoms with E-state index in [-0.39, 0.29) is 11.7 Å². The lowest BCUT2D eigenvalue weighted by Gasteiger charge is -2.26. The highest BCUT2D eigenvalue weighted by Crippen LogP contribution is 2.28. The van der Waals surface area contributed by atoms with Crippen LogP contribution in [0.1, 0.15) is 45.4 Å². The van der Waals surface area contributed by atoms with Crippen molar-refractivity contribution in [1.82, 2.24) is 9.88 Å². The molecule has 0 aliphatic heterocycles. The van der Waals surface area contributed by atoms with Crippen LogP contribution in [0.5, 0.6) is 0 Å². The molecule has 26 heavy (non-hydrogen) atoms. The number of amides is 2. The fraction of sp³-hybridized carbons (Fsp3) is 0.500. The summed E-state index contributed by atoms with van der Waals surface area (Å²) in [5.74, 6) is 0.238. The van der Waals surface area contributed by atoms with Gasteiger partial charge >= 0.3 is 0 Å². The number of fused-ring (bicyclic) bond motifs is 1. The summed E-state index contributed by atoms with van der Waals surface area (Å²) in [6.07, 6.45) is 8.81. The summed E-state index contributed by atoms with van der Waals surface area (Å²) >= 11 is 0. The predicted molar refractivity (Wildman–Crippen MR) is 108 cm³/mol. The summed E-state index contributed by atoms with van der Waals surface area (Å²) in [5, 5.41) is 7.01. The number of carbonyl (C=O) groups is 2. The minimum Gasteiger partial charge on any atom is -0.354 e. The Balaban J connectivity index is 1.72. The van der Waals surface area contributed by atoms with Crippen LogP contribution in [0, 0.1) is 5.92 Å². The quantitative estimate of drug-likeness (QED) is 0.783. The number of aromatic nitrogens is 1. The van der Waals surface area contributed by atoms with Crippen molar-refractivity contribution in [2.24, 2.45) is 5.92 Å². The SMILES string of the molecule is BC(=O)N[C@@H](CC1CCCCC1)C(=O)Nc1ccc2ccn(CC)c2c1. The molecule has 1 aromatic carbocycles. The van der Waals surface area contributed by atoms with Crippen LogP contribution in [0.3, 0.4) is 0 Å². The van der Waals surface area contributed by atoms with E-state index in [4.69, 9.17) is 0 Å². The first kappa shape index (κ1) is 18.6. The fourth-order valence-corrected chi connectivity index (χ4v) is 4.00. The lowest BCUT2D eigenvalue weighted by molar-refractivity contribution is -0.118.